The first-order chi connectivity index (χ1) is 23.4. The van der Waals surface area contributed by atoms with E-state index in [1.165, 1.54) is 82.4 Å². The van der Waals surface area contributed by atoms with Crippen molar-refractivity contribution in [1.82, 2.24) is 9.97 Å². The number of pyridine rings is 2. The normalized spacial score (nSPS) is 11.8. The zero-order valence-electron chi connectivity index (χ0n) is 27.6. The van der Waals surface area contributed by atoms with E-state index in [-0.39, 0.29) is 0 Å². The van der Waals surface area contributed by atoms with E-state index in [1.807, 2.05) is 12.3 Å². The highest BCUT2D eigenvalue weighted by Crippen LogP contribution is 2.48. The van der Waals surface area contributed by atoms with Crippen molar-refractivity contribution in [3.05, 3.63) is 156 Å². The fourth-order valence-corrected chi connectivity index (χ4v) is 7.48. The molecule has 0 aliphatic heterocycles. The maximum atomic E-state index is 5.42. The average Bonchev–Trinajstić information content (AvgIpc) is 3.12. The summed E-state index contributed by atoms with van der Waals surface area (Å²) in [5.41, 5.74) is 14.1. The van der Waals surface area contributed by atoms with Crippen molar-refractivity contribution in [1.29, 1.82) is 0 Å². The minimum absolute atomic E-state index is 0.935. The van der Waals surface area contributed by atoms with Gasteiger partial charge < -0.3 is 0 Å². The number of benzene rings is 7. The fraction of sp³-hybridized carbons (Fsp3) is 0.0870. The molecule has 0 radical (unpaired) electrons. The molecule has 48 heavy (non-hydrogen) atoms. The molecule has 0 bridgehead atoms. The third-order valence-electron chi connectivity index (χ3n) is 10.3. The van der Waals surface area contributed by atoms with Crippen molar-refractivity contribution in [3.8, 4) is 33.5 Å². The highest BCUT2D eigenvalue weighted by atomic mass is 14.8. The first-order valence-electron chi connectivity index (χ1n) is 16.7. The highest BCUT2D eigenvalue weighted by Gasteiger charge is 2.22. The van der Waals surface area contributed by atoms with Gasteiger partial charge in [0.15, 0.2) is 0 Å². The molecule has 0 unspecified atom stereocenters. The lowest BCUT2D eigenvalue weighted by Crippen LogP contribution is -1.97. The molecule has 0 fully saturated rings. The molecular formula is C46H34N2. The number of aromatic nitrogens is 2. The van der Waals surface area contributed by atoms with E-state index < -0.39 is 0 Å². The van der Waals surface area contributed by atoms with Crippen LogP contribution in [-0.2, 0) is 0 Å². The number of hydrogen-bond acceptors (Lipinski definition) is 2. The van der Waals surface area contributed by atoms with E-state index in [9.17, 15) is 0 Å². The third kappa shape index (κ3) is 4.41. The Labute approximate surface area is 280 Å². The molecule has 0 atom stereocenters. The smallest absolute Gasteiger partial charge is 0.0972 e. The van der Waals surface area contributed by atoms with Gasteiger partial charge in [0.1, 0.15) is 0 Å². The Hall–Kier alpha value is -5.86. The van der Waals surface area contributed by atoms with Crippen LogP contribution < -0.4 is 0 Å². The third-order valence-corrected chi connectivity index (χ3v) is 10.3. The number of rotatable bonds is 3. The Morgan fingerprint density at radius 3 is 1.52 bits per heavy atom. The van der Waals surface area contributed by atoms with E-state index >= 15 is 0 Å². The molecule has 228 valence electrons. The first kappa shape index (κ1) is 28.4. The number of nitrogens with zero attached hydrogens (tertiary/aromatic N) is 2. The van der Waals surface area contributed by atoms with Gasteiger partial charge in [0.2, 0.25) is 0 Å². The summed E-state index contributed by atoms with van der Waals surface area (Å²) >= 11 is 0. The lowest BCUT2D eigenvalue weighted by molar-refractivity contribution is 1.35. The lowest BCUT2D eigenvalue weighted by Gasteiger charge is -2.22. The van der Waals surface area contributed by atoms with Crippen LogP contribution >= 0.6 is 0 Å². The van der Waals surface area contributed by atoms with Gasteiger partial charge in [-0.25, -0.2) is 4.98 Å². The van der Waals surface area contributed by atoms with Crippen molar-refractivity contribution in [2.45, 2.75) is 27.7 Å². The van der Waals surface area contributed by atoms with Gasteiger partial charge in [0.25, 0.3) is 0 Å². The minimum atomic E-state index is 0.935. The molecule has 7 aromatic carbocycles. The maximum absolute atomic E-state index is 5.42. The van der Waals surface area contributed by atoms with E-state index in [4.69, 9.17) is 9.97 Å². The molecule has 2 nitrogen and oxygen atoms in total. The first-order valence-corrected chi connectivity index (χ1v) is 16.7. The molecule has 2 aromatic heterocycles. The van der Waals surface area contributed by atoms with Gasteiger partial charge in [0, 0.05) is 22.5 Å². The van der Waals surface area contributed by atoms with Crippen LogP contribution in [0.5, 0.6) is 0 Å². The second kappa shape index (κ2) is 10.9. The van der Waals surface area contributed by atoms with Gasteiger partial charge in [-0.1, -0.05) is 103 Å². The Morgan fingerprint density at radius 2 is 0.896 bits per heavy atom. The molecule has 9 aromatic rings. The van der Waals surface area contributed by atoms with Crippen LogP contribution in [0, 0.1) is 27.7 Å². The fourth-order valence-electron chi connectivity index (χ4n) is 7.48. The predicted octanol–water partition coefficient (Wildman–Crippen LogP) is 12.5. The summed E-state index contributed by atoms with van der Waals surface area (Å²) in [7, 11) is 0. The van der Waals surface area contributed by atoms with Crippen LogP contribution in [0.15, 0.2) is 134 Å². The summed E-state index contributed by atoms with van der Waals surface area (Å²) in [5, 5.41) is 9.60. The van der Waals surface area contributed by atoms with Crippen molar-refractivity contribution in [2.75, 3.05) is 0 Å². The summed E-state index contributed by atoms with van der Waals surface area (Å²) in [4.78, 5) is 10.2. The molecule has 9 rings (SSSR count). The number of hydrogen-bond donors (Lipinski definition) is 0. The molecule has 0 N–H and O–H groups in total. The van der Waals surface area contributed by atoms with Crippen molar-refractivity contribution in [2.24, 2.45) is 0 Å². The molecule has 0 aliphatic rings. The van der Waals surface area contributed by atoms with Gasteiger partial charge in [-0.05, 0) is 129 Å². The van der Waals surface area contributed by atoms with Crippen LogP contribution in [0.25, 0.3) is 87.6 Å². The summed E-state index contributed by atoms with van der Waals surface area (Å²) < 4.78 is 0. The minimum Gasteiger partial charge on any atom is -0.254 e. The molecule has 0 saturated carbocycles. The largest absolute Gasteiger partial charge is 0.254 e. The predicted molar refractivity (Wildman–Crippen MR) is 205 cm³/mol. The molecule has 0 aliphatic carbocycles. The molecular weight excluding hydrogens is 581 g/mol. The Balaban J connectivity index is 1.48. The van der Waals surface area contributed by atoms with Gasteiger partial charge >= 0.3 is 0 Å². The van der Waals surface area contributed by atoms with E-state index in [0.717, 1.165) is 27.5 Å². The van der Waals surface area contributed by atoms with Gasteiger partial charge in [0.05, 0.1) is 16.7 Å². The van der Waals surface area contributed by atoms with Gasteiger partial charge in [-0.15, -0.1) is 0 Å². The van der Waals surface area contributed by atoms with Crippen molar-refractivity contribution < 1.29 is 0 Å². The SMILES string of the molecule is Cc1cc2c(-c3ccc4ccc5cccnc5c4n3)c3cc(C)c(C)cc3c(-c3cc4ccccc4cc3-c3ccccc3)c2cc1C. The zero-order chi connectivity index (χ0) is 32.5. The second-order valence-corrected chi connectivity index (χ2v) is 13.2. The maximum Gasteiger partial charge on any atom is 0.0972 e. The molecule has 0 amide bonds. The van der Waals surface area contributed by atoms with Crippen LogP contribution in [-0.4, -0.2) is 9.97 Å². The summed E-state index contributed by atoms with van der Waals surface area (Å²) in [5.74, 6) is 0. The monoisotopic (exact) mass is 614 g/mol. The van der Waals surface area contributed by atoms with E-state index in [1.54, 1.807) is 0 Å². The lowest BCUT2D eigenvalue weighted by atomic mass is 9.81. The molecule has 2 heterocycles. The summed E-state index contributed by atoms with van der Waals surface area (Å²) in [6.45, 7) is 8.90. The van der Waals surface area contributed by atoms with E-state index in [2.05, 4.69) is 149 Å². The Bertz CT molecular complexity index is 2690. The Morgan fingerprint density at radius 1 is 0.396 bits per heavy atom. The number of aryl methyl sites for hydroxylation is 4. The second-order valence-electron chi connectivity index (χ2n) is 13.2. The summed E-state index contributed by atoms with van der Waals surface area (Å²) in [6.07, 6.45) is 1.86. The average molecular weight is 615 g/mol. The van der Waals surface area contributed by atoms with Crippen molar-refractivity contribution in [3.63, 3.8) is 0 Å². The van der Waals surface area contributed by atoms with Crippen molar-refractivity contribution >= 4 is 54.1 Å². The van der Waals surface area contributed by atoms with E-state index in [0.29, 0.717) is 0 Å². The van der Waals surface area contributed by atoms with Crippen LogP contribution in [0.4, 0.5) is 0 Å². The standard InChI is InChI=1S/C46H34N2/c1-27-21-37-39(23-29(27)3)44(42-19-18-33-17-16-32-15-10-20-47-45(32)46(33)48-42)40-24-30(4)28(2)22-38(40)43(37)41-26-35-14-9-8-13-34(35)25-36(41)31-11-6-5-7-12-31/h5-26H,1-4H3. The van der Waals surface area contributed by atoms with Crippen LogP contribution in [0.2, 0.25) is 0 Å². The molecule has 2 heteroatoms. The van der Waals surface area contributed by atoms with Gasteiger partial charge in [-0.2, -0.15) is 0 Å². The Kier molecular flexibility index (Phi) is 6.42. The topological polar surface area (TPSA) is 25.8 Å². The molecule has 0 saturated heterocycles. The molecule has 0 spiro atoms. The zero-order valence-corrected chi connectivity index (χ0v) is 27.6. The van der Waals surface area contributed by atoms with Crippen LogP contribution in [0.3, 0.4) is 0 Å². The quantitative estimate of drug-likeness (QED) is 0.146. The number of fused-ring (bicyclic) bond motifs is 6. The highest BCUT2D eigenvalue weighted by molar-refractivity contribution is 6.23. The van der Waals surface area contributed by atoms with Gasteiger partial charge in [-0.3, -0.25) is 4.98 Å². The summed E-state index contributed by atoms with van der Waals surface area (Å²) in [6, 6.07) is 46.7. The van der Waals surface area contributed by atoms with Crippen LogP contribution in [0.1, 0.15) is 22.3 Å².